The first-order valence-electron chi connectivity index (χ1n) is 8.46. The van der Waals surface area contributed by atoms with E-state index in [2.05, 4.69) is 53.5 Å². The minimum Gasteiger partial charge on any atom is -0.308 e. The molecule has 0 fully saturated rings. The number of thiazole rings is 1. The Morgan fingerprint density at radius 3 is 2.48 bits per heavy atom. The van der Waals surface area contributed by atoms with Crippen molar-refractivity contribution in [1.82, 2.24) is 9.88 Å². The van der Waals surface area contributed by atoms with E-state index in [1.54, 1.807) is 11.3 Å². The number of carbonyl (C=O) groups excluding carboxylic acids is 1. The summed E-state index contributed by atoms with van der Waals surface area (Å²) >= 11 is 3.80. The molecule has 0 unspecified atom stereocenters. The van der Waals surface area contributed by atoms with Crippen molar-refractivity contribution in [1.29, 1.82) is 0 Å². The fraction of sp³-hybridized carbons (Fsp3) is 0.300. The van der Waals surface area contributed by atoms with Crippen LogP contribution in [0.5, 0.6) is 0 Å². The molecule has 0 spiro atoms. The molecule has 0 aliphatic carbocycles. The van der Waals surface area contributed by atoms with Crippen LogP contribution in [0.1, 0.15) is 21.5 Å². The van der Waals surface area contributed by atoms with Gasteiger partial charge in [0.2, 0.25) is 0 Å². The number of amides is 1. The molecule has 0 aliphatic heterocycles. The molecule has 3 rings (SSSR count). The lowest BCUT2D eigenvalue weighted by Gasteiger charge is -2.22. The molecular weight excluding hydrogens is 493 g/mol. The molecule has 0 radical (unpaired) electrons. The molecule has 1 amide bonds. The minimum atomic E-state index is 0. The molecule has 0 aliphatic rings. The van der Waals surface area contributed by atoms with Gasteiger partial charge in [0, 0.05) is 16.7 Å². The molecule has 2 aromatic carbocycles. The highest BCUT2D eigenvalue weighted by atomic mass is 127. The maximum atomic E-state index is 13.3. The highest BCUT2D eigenvalue weighted by Crippen LogP contribution is 2.32. The van der Waals surface area contributed by atoms with Gasteiger partial charge in [-0.1, -0.05) is 29.5 Å². The molecule has 3 aromatic rings. The normalized spacial score (nSPS) is 10.9. The summed E-state index contributed by atoms with van der Waals surface area (Å²) in [5.41, 5.74) is 4.12. The van der Waals surface area contributed by atoms with Crippen molar-refractivity contribution in [2.45, 2.75) is 13.8 Å². The monoisotopic (exact) mass is 515 g/mol. The van der Waals surface area contributed by atoms with Crippen LogP contribution >= 0.6 is 46.3 Å². The quantitative estimate of drug-likeness (QED) is 0.441. The molecule has 144 valence electrons. The third-order valence-electron chi connectivity index (χ3n) is 4.42. The first kappa shape index (κ1) is 22.1. The van der Waals surface area contributed by atoms with E-state index in [1.807, 2.05) is 43.3 Å². The first-order chi connectivity index (χ1) is 12.4. The van der Waals surface area contributed by atoms with Gasteiger partial charge in [0.25, 0.3) is 5.91 Å². The number of anilines is 1. The maximum absolute atomic E-state index is 13.3. The first-order valence-corrected chi connectivity index (χ1v) is 10.4. The molecule has 7 heteroatoms. The molecule has 1 heterocycles. The number of aromatic nitrogens is 1. The number of rotatable bonds is 5. The average molecular weight is 516 g/mol. The molecule has 4 nitrogen and oxygen atoms in total. The lowest BCUT2D eigenvalue weighted by molar-refractivity contribution is 0.0984. The summed E-state index contributed by atoms with van der Waals surface area (Å²) in [6.07, 6.45) is 0. The third kappa shape index (κ3) is 4.80. The van der Waals surface area contributed by atoms with E-state index < -0.39 is 0 Å². The number of hydrogen-bond acceptors (Lipinski definition) is 4. The van der Waals surface area contributed by atoms with Crippen molar-refractivity contribution in [3.63, 3.8) is 0 Å². The summed E-state index contributed by atoms with van der Waals surface area (Å²) in [4.78, 5) is 22.0. The van der Waals surface area contributed by atoms with Gasteiger partial charge >= 0.3 is 0 Å². The van der Waals surface area contributed by atoms with Crippen molar-refractivity contribution < 1.29 is 4.79 Å². The lowest BCUT2D eigenvalue weighted by atomic mass is 10.1. The number of fused-ring (bicyclic) bond motifs is 1. The Labute approximate surface area is 184 Å². The van der Waals surface area contributed by atoms with Crippen molar-refractivity contribution in [2.75, 3.05) is 32.1 Å². The van der Waals surface area contributed by atoms with Gasteiger partial charge in [0.15, 0.2) is 5.13 Å². The summed E-state index contributed by atoms with van der Waals surface area (Å²) in [7, 11) is 4.03. The van der Waals surface area contributed by atoms with Crippen molar-refractivity contribution >= 4 is 67.6 Å². The van der Waals surface area contributed by atoms with Crippen LogP contribution in [0.3, 0.4) is 0 Å². The Morgan fingerprint density at radius 2 is 1.81 bits per heavy atom. The fourth-order valence-corrected chi connectivity index (χ4v) is 4.36. The number of halogens is 2. The van der Waals surface area contributed by atoms with Gasteiger partial charge < -0.3 is 4.90 Å². The van der Waals surface area contributed by atoms with Gasteiger partial charge in [0.05, 0.1) is 15.8 Å². The van der Waals surface area contributed by atoms with Crippen molar-refractivity contribution in [3.8, 4) is 0 Å². The van der Waals surface area contributed by atoms with E-state index >= 15 is 0 Å². The Bertz CT molecular complexity index is 958. The van der Waals surface area contributed by atoms with E-state index in [-0.39, 0.29) is 18.3 Å². The van der Waals surface area contributed by atoms with Gasteiger partial charge in [-0.25, -0.2) is 4.98 Å². The van der Waals surface area contributed by atoms with Crippen LogP contribution in [0.25, 0.3) is 10.2 Å². The van der Waals surface area contributed by atoms with E-state index in [4.69, 9.17) is 4.98 Å². The molecule has 0 saturated carbocycles. The highest BCUT2D eigenvalue weighted by Gasteiger charge is 2.23. The van der Waals surface area contributed by atoms with E-state index in [0.717, 1.165) is 31.0 Å². The largest absolute Gasteiger partial charge is 0.308 e. The predicted molar refractivity (Wildman–Crippen MR) is 126 cm³/mol. The molecular formula is C20H23ClIN3OS. The van der Waals surface area contributed by atoms with Gasteiger partial charge in [-0.15, -0.1) is 12.4 Å². The summed E-state index contributed by atoms with van der Waals surface area (Å²) in [5, 5.41) is 0.764. The molecule has 27 heavy (non-hydrogen) atoms. The Hall–Kier alpha value is -1.22. The zero-order valence-corrected chi connectivity index (χ0v) is 19.6. The third-order valence-corrected chi connectivity index (χ3v) is 6.41. The molecule has 1 aromatic heterocycles. The maximum Gasteiger partial charge on any atom is 0.261 e. The Kier molecular flexibility index (Phi) is 7.62. The van der Waals surface area contributed by atoms with Crippen LogP contribution in [0.15, 0.2) is 36.4 Å². The van der Waals surface area contributed by atoms with Crippen LogP contribution in [-0.4, -0.2) is 43.0 Å². The van der Waals surface area contributed by atoms with E-state index in [9.17, 15) is 4.79 Å². The number of aryl methyl sites for hydroxylation is 2. The smallest absolute Gasteiger partial charge is 0.261 e. The van der Waals surface area contributed by atoms with Crippen molar-refractivity contribution in [2.24, 2.45) is 0 Å². The number of benzene rings is 2. The summed E-state index contributed by atoms with van der Waals surface area (Å²) in [6, 6.07) is 11.9. The van der Waals surface area contributed by atoms with Gasteiger partial charge in [-0.05, 0) is 79.9 Å². The second kappa shape index (κ2) is 9.32. The number of nitrogens with zero attached hydrogens (tertiary/aromatic N) is 3. The fourth-order valence-electron chi connectivity index (χ4n) is 2.69. The molecule has 0 N–H and O–H groups in total. The zero-order chi connectivity index (χ0) is 18.8. The molecule has 0 atom stereocenters. The lowest BCUT2D eigenvalue weighted by Crippen LogP contribution is -2.37. The van der Waals surface area contributed by atoms with Gasteiger partial charge in [0.1, 0.15) is 0 Å². The van der Waals surface area contributed by atoms with Crippen LogP contribution < -0.4 is 4.90 Å². The zero-order valence-electron chi connectivity index (χ0n) is 15.8. The van der Waals surface area contributed by atoms with Crippen LogP contribution in [0.2, 0.25) is 0 Å². The van der Waals surface area contributed by atoms with Crippen LogP contribution in [0.4, 0.5) is 5.13 Å². The standard InChI is InChI=1S/C20H22IN3OS.ClH/c1-13-9-10-17-18(14(13)2)22-20(26-17)24(12-11-23(3)4)19(25)15-7-5-6-8-16(15)21;/h5-10H,11-12H2,1-4H3;1H. The summed E-state index contributed by atoms with van der Waals surface area (Å²) in [5.74, 6) is 0.00489. The van der Waals surface area contributed by atoms with E-state index in [0.29, 0.717) is 6.54 Å². The molecule has 0 saturated heterocycles. The summed E-state index contributed by atoms with van der Waals surface area (Å²) < 4.78 is 2.08. The van der Waals surface area contributed by atoms with Gasteiger partial charge in [-0.3, -0.25) is 9.69 Å². The number of hydrogen-bond donors (Lipinski definition) is 0. The van der Waals surface area contributed by atoms with Gasteiger partial charge in [-0.2, -0.15) is 0 Å². The molecule has 0 bridgehead atoms. The second-order valence-electron chi connectivity index (χ2n) is 6.59. The van der Waals surface area contributed by atoms with Crippen molar-refractivity contribution in [3.05, 3.63) is 56.7 Å². The summed E-state index contributed by atoms with van der Waals surface area (Å²) in [6.45, 7) is 5.57. The van der Waals surface area contributed by atoms with Crippen LogP contribution in [-0.2, 0) is 0 Å². The minimum absolute atomic E-state index is 0. The second-order valence-corrected chi connectivity index (χ2v) is 8.76. The highest BCUT2D eigenvalue weighted by molar-refractivity contribution is 14.1. The topological polar surface area (TPSA) is 36.4 Å². The Morgan fingerprint density at radius 1 is 1.11 bits per heavy atom. The number of carbonyl (C=O) groups is 1. The SMILES string of the molecule is Cc1ccc2sc(N(CCN(C)C)C(=O)c3ccccc3I)nc2c1C.Cl. The Balaban J connectivity index is 0.00000261. The number of likely N-dealkylation sites (N-methyl/N-ethyl adjacent to an activating group) is 1. The average Bonchev–Trinajstić information content (AvgIpc) is 3.03. The van der Waals surface area contributed by atoms with E-state index in [1.165, 1.54) is 11.1 Å². The predicted octanol–water partition coefficient (Wildman–Crippen LogP) is 5.15. The van der Waals surface area contributed by atoms with Crippen LogP contribution in [0, 0.1) is 17.4 Å².